The summed E-state index contributed by atoms with van der Waals surface area (Å²) in [6, 6.07) is 2.74. The summed E-state index contributed by atoms with van der Waals surface area (Å²) in [5.74, 6) is -0.907. The summed E-state index contributed by atoms with van der Waals surface area (Å²) in [6.45, 7) is 0.342. The Kier molecular flexibility index (Phi) is 4.39. The first-order valence-corrected chi connectivity index (χ1v) is 6.49. The number of nitrogens with one attached hydrogen (secondary N) is 1. The van der Waals surface area contributed by atoms with Crippen LogP contribution in [0.5, 0.6) is 0 Å². The van der Waals surface area contributed by atoms with Gasteiger partial charge in [-0.2, -0.15) is 0 Å². The minimum Gasteiger partial charge on any atom is -0.451 e. The lowest BCUT2D eigenvalue weighted by atomic mass is 10.2. The fraction of sp³-hybridized carbons (Fsp3) is 0.462. The quantitative estimate of drug-likeness (QED) is 0.736. The first-order chi connectivity index (χ1) is 9.56. The van der Waals surface area contributed by atoms with Gasteiger partial charge in [0.1, 0.15) is 6.54 Å². The smallest absolute Gasteiger partial charge is 0.326 e. The lowest BCUT2D eigenvalue weighted by Crippen LogP contribution is -2.37. The van der Waals surface area contributed by atoms with Gasteiger partial charge in [0.25, 0.3) is 11.5 Å². The molecule has 1 aromatic heterocycles. The maximum atomic E-state index is 11.8. The third-order valence-electron chi connectivity index (χ3n) is 3.06. The Morgan fingerprint density at radius 2 is 2.20 bits per heavy atom. The second kappa shape index (κ2) is 6.23. The number of amides is 1. The number of nitrogens with two attached hydrogens (primary N) is 1. The van der Waals surface area contributed by atoms with Crippen LogP contribution in [-0.2, 0) is 20.9 Å². The Balaban J connectivity index is 1.99. The van der Waals surface area contributed by atoms with E-state index in [1.54, 1.807) is 0 Å². The minimum atomic E-state index is -0.776. The van der Waals surface area contributed by atoms with Gasteiger partial charge in [0.15, 0.2) is 6.10 Å². The monoisotopic (exact) mass is 279 g/mol. The molecule has 108 valence electrons. The summed E-state index contributed by atoms with van der Waals surface area (Å²) in [6.07, 6.45) is 2.78. The molecule has 1 fully saturated rings. The molecule has 0 saturated carbocycles. The first-order valence-electron chi connectivity index (χ1n) is 6.49. The molecule has 3 N–H and O–H groups in total. The molecule has 1 atom stereocenters. The van der Waals surface area contributed by atoms with E-state index in [1.165, 1.54) is 18.3 Å². The average molecular weight is 279 g/mol. The molecular weight excluding hydrogens is 262 g/mol. The molecule has 0 aliphatic carbocycles. The fourth-order valence-electron chi connectivity index (χ4n) is 2.03. The third-order valence-corrected chi connectivity index (χ3v) is 3.06. The van der Waals surface area contributed by atoms with Crippen molar-refractivity contribution in [3.8, 4) is 0 Å². The van der Waals surface area contributed by atoms with Gasteiger partial charge in [-0.05, 0) is 25.3 Å². The van der Waals surface area contributed by atoms with Gasteiger partial charge in [0.2, 0.25) is 0 Å². The summed E-state index contributed by atoms with van der Waals surface area (Å²) in [4.78, 5) is 35.0. The van der Waals surface area contributed by atoms with Crippen molar-refractivity contribution >= 4 is 17.6 Å². The number of carbonyl (C=O) groups excluding carboxylic acids is 2. The van der Waals surface area contributed by atoms with Crippen molar-refractivity contribution in [3.05, 3.63) is 28.7 Å². The number of aromatic nitrogens is 1. The van der Waals surface area contributed by atoms with Crippen molar-refractivity contribution in [2.45, 2.75) is 31.9 Å². The molecule has 20 heavy (non-hydrogen) atoms. The minimum absolute atomic E-state index is 0.256. The molecule has 2 rings (SSSR count). The van der Waals surface area contributed by atoms with Crippen LogP contribution < -0.4 is 16.6 Å². The number of nitrogens with zero attached hydrogens (tertiary/aromatic N) is 1. The molecule has 1 aliphatic rings. The molecular formula is C13H17N3O4. The molecule has 1 aromatic rings. The number of rotatable bonds is 3. The Hall–Kier alpha value is -2.31. The number of pyridine rings is 1. The Bertz CT molecular complexity index is 567. The zero-order chi connectivity index (χ0) is 14.5. The normalized spacial score (nSPS) is 19.0. The van der Waals surface area contributed by atoms with E-state index >= 15 is 0 Å². The summed E-state index contributed by atoms with van der Waals surface area (Å²) >= 11 is 0. The van der Waals surface area contributed by atoms with Crippen molar-refractivity contribution in [1.82, 2.24) is 9.88 Å². The van der Waals surface area contributed by atoms with Gasteiger partial charge >= 0.3 is 5.97 Å². The van der Waals surface area contributed by atoms with Gasteiger partial charge < -0.3 is 20.4 Å². The average Bonchev–Trinajstić information content (AvgIpc) is 2.59. The summed E-state index contributed by atoms with van der Waals surface area (Å²) in [5, 5.41) is 2.68. The van der Waals surface area contributed by atoms with E-state index in [-0.39, 0.29) is 18.0 Å². The number of anilines is 1. The number of hydrogen-bond acceptors (Lipinski definition) is 5. The lowest BCUT2D eigenvalue weighted by molar-refractivity contribution is -0.156. The predicted octanol–water partition coefficient (Wildman–Crippen LogP) is -0.358. The highest BCUT2D eigenvalue weighted by Gasteiger charge is 2.24. The van der Waals surface area contributed by atoms with Crippen LogP contribution in [0.4, 0.5) is 5.69 Å². The number of nitrogen functional groups attached to an aromatic ring is 1. The highest BCUT2D eigenvalue weighted by molar-refractivity contribution is 5.83. The standard InChI is InChI=1S/C13H17N3O4/c14-9-4-5-11(17)16(7-9)8-12(18)20-10-3-1-2-6-15-13(10)19/h4-5,7,10H,1-3,6,8,14H2,(H,15,19). The maximum absolute atomic E-state index is 11.8. The summed E-state index contributed by atoms with van der Waals surface area (Å²) in [5.41, 5.74) is 5.59. The molecule has 1 unspecified atom stereocenters. The molecule has 0 bridgehead atoms. The highest BCUT2D eigenvalue weighted by atomic mass is 16.5. The van der Waals surface area contributed by atoms with Gasteiger partial charge in [-0.3, -0.25) is 14.4 Å². The van der Waals surface area contributed by atoms with E-state index in [9.17, 15) is 14.4 Å². The maximum Gasteiger partial charge on any atom is 0.326 e. The zero-order valence-electron chi connectivity index (χ0n) is 11.0. The Morgan fingerprint density at radius 3 is 3.00 bits per heavy atom. The molecule has 0 aromatic carbocycles. The van der Waals surface area contributed by atoms with E-state index in [2.05, 4.69) is 5.32 Å². The van der Waals surface area contributed by atoms with Crippen molar-refractivity contribution in [3.63, 3.8) is 0 Å². The van der Waals surface area contributed by atoms with Gasteiger partial charge in [-0.25, -0.2) is 0 Å². The Morgan fingerprint density at radius 1 is 1.40 bits per heavy atom. The second-order valence-corrected chi connectivity index (χ2v) is 4.69. The fourth-order valence-corrected chi connectivity index (χ4v) is 2.03. The van der Waals surface area contributed by atoms with Crippen LogP contribution in [-0.4, -0.2) is 29.1 Å². The number of ether oxygens (including phenoxy) is 1. The van der Waals surface area contributed by atoms with E-state index in [0.717, 1.165) is 17.4 Å². The lowest BCUT2D eigenvalue weighted by Gasteiger charge is -2.15. The SMILES string of the molecule is Nc1ccc(=O)n(CC(=O)OC2CCCCNC2=O)c1. The van der Waals surface area contributed by atoms with Crippen LogP contribution in [0.2, 0.25) is 0 Å². The van der Waals surface area contributed by atoms with Crippen molar-refractivity contribution < 1.29 is 14.3 Å². The van der Waals surface area contributed by atoms with Crippen LogP contribution in [0.1, 0.15) is 19.3 Å². The van der Waals surface area contributed by atoms with Crippen LogP contribution in [0.25, 0.3) is 0 Å². The Labute approximate surface area is 115 Å². The topological polar surface area (TPSA) is 103 Å². The molecule has 1 aliphatic heterocycles. The first kappa shape index (κ1) is 14.1. The van der Waals surface area contributed by atoms with Crippen LogP contribution in [0.15, 0.2) is 23.1 Å². The molecule has 0 spiro atoms. The molecule has 1 amide bonds. The van der Waals surface area contributed by atoms with E-state index < -0.39 is 12.1 Å². The molecule has 7 nitrogen and oxygen atoms in total. The van der Waals surface area contributed by atoms with E-state index in [4.69, 9.17) is 10.5 Å². The molecule has 2 heterocycles. The van der Waals surface area contributed by atoms with Crippen molar-refractivity contribution in [2.75, 3.05) is 12.3 Å². The summed E-state index contributed by atoms with van der Waals surface area (Å²) in [7, 11) is 0. The van der Waals surface area contributed by atoms with Gasteiger partial charge in [0, 0.05) is 24.5 Å². The van der Waals surface area contributed by atoms with E-state index in [0.29, 0.717) is 18.7 Å². The molecule has 1 saturated heterocycles. The van der Waals surface area contributed by atoms with Gasteiger partial charge in [-0.15, -0.1) is 0 Å². The predicted molar refractivity (Wildman–Crippen MR) is 71.9 cm³/mol. The second-order valence-electron chi connectivity index (χ2n) is 4.69. The zero-order valence-corrected chi connectivity index (χ0v) is 11.0. The highest BCUT2D eigenvalue weighted by Crippen LogP contribution is 2.09. The van der Waals surface area contributed by atoms with Gasteiger partial charge in [-0.1, -0.05) is 0 Å². The van der Waals surface area contributed by atoms with Crippen molar-refractivity contribution in [1.29, 1.82) is 0 Å². The summed E-state index contributed by atoms with van der Waals surface area (Å²) < 4.78 is 6.29. The third kappa shape index (κ3) is 3.59. The molecule has 0 radical (unpaired) electrons. The largest absolute Gasteiger partial charge is 0.451 e. The number of esters is 1. The molecule has 7 heteroatoms. The number of carbonyl (C=O) groups is 2. The van der Waals surface area contributed by atoms with Crippen LogP contribution in [0, 0.1) is 0 Å². The van der Waals surface area contributed by atoms with Gasteiger partial charge in [0.05, 0.1) is 0 Å². The van der Waals surface area contributed by atoms with E-state index in [1.807, 2.05) is 0 Å². The number of hydrogen-bond donors (Lipinski definition) is 2. The van der Waals surface area contributed by atoms with Crippen molar-refractivity contribution in [2.24, 2.45) is 0 Å². The van der Waals surface area contributed by atoms with Crippen LogP contribution >= 0.6 is 0 Å². The van der Waals surface area contributed by atoms with Crippen LogP contribution in [0.3, 0.4) is 0 Å².